The second-order valence-corrected chi connectivity index (χ2v) is 6.04. The van der Waals surface area contributed by atoms with Gasteiger partial charge in [-0.05, 0) is 19.3 Å². The van der Waals surface area contributed by atoms with Crippen LogP contribution in [0.15, 0.2) is 0 Å². The fourth-order valence-corrected chi connectivity index (χ4v) is 1.58. The van der Waals surface area contributed by atoms with E-state index in [4.69, 9.17) is 15.2 Å². The minimum Gasteiger partial charge on any atom is -0.352 e. The van der Waals surface area contributed by atoms with Crippen molar-refractivity contribution in [3.63, 3.8) is 0 Å². The minimum absolute atomic E-state index is 0.0962. The van der Waals surface area contributed by atoms with Gasteiger partial charge in [0.05, 0.1) is 12.6 Å². The normalized spacial score (nSPS) is 25.6. The predicted octanol–water partition coefficient (Wildman–Crippen LogP) is 0.628. The van der Waals surface area contributed by atoms with Crippen LogP contribution in [0, 0.1) is 5.41 Å². The van der Waals surface area contributed by atoms with E-state index < -0.39 is 11.8 Å². The molecule has 0 saturated carbocycles. The van der Waals surface area contributed by atoms with E-state index in [-0.39, 0.29) is 17.4 Å². The van der Waals surface area contributed by atoms with Crippen LogP contribution in [0.4, 0.5) is 0 Å². The van der Waals surface area contributed by atoms with Gasteiger partial charge in [-0.25, -0.2) is 0 Å². The lowest BCUT2D eigenvalue weighted by atomic mass is 9.87. The van der Waals surface area contributed by atoms with Crippen molar-refractivity contribution in [1.29, 1.82) is 0 Å². The SMILES string of the molecule is CC1(C)OCC(CNC(=O)[C@@H](N)C(C)(C)C)O1. The zero-order valence-corrected chi connectivity index (χ0v) is 11.4. The standard InChI is InChI=1S/C12H24N2O3/c1-11(2,3)9(13)10(15)14-6-8-7-16-12(4,5)17-8/h8-9H,6-7,13H2,1-5H3,(H,14,15)/t8?,9-/m1/s1. The molecule has 1 aliphatic heterocycles. The molecule has 1 fully saturated rings. The van der Waals surface area contributed by atoms with E-state index in [1.54, 1.807) is 0 Å². The molecule has 0 radical (unpaired) electrons. The van der Waals surface area contributed by atoms with E-state index >= 15 is 0 Å². The summed E-state index contributed by atoms with van der Waals surface area (Å²) in [6.45, 7) is 10.5. The fourth-order valence-electron chi connectivity index (χ4n) is 1.58. The molecule has 1 amide bonds. The van der Waals surface area contributed by atoms with E-state index in [1.807, 2.05) is 34.6 Å². The molecule has 100 valence electrons. The molecule has 5 nitrogen and oxygen atoms in total. The second kappa shape index (κ2) is 4.92. The average Bonchev–Trinajstić information content (AvgIpc) is 2.52. The Morgan fingerprint density at radius 3 is 2.53 bits per heavy atom. The molecular formula is C12H24N2O3. The number of amides is 1. The van der Waals surface area contributed by atoms with Gasteiger partial charge in [-0.3, -0.25) is 4.79 Å². The fraction of sp³-hybridized carbons (Fsp3) is 0.917. The summed E-state index contributed by atoms with van der Waals surface area (Å²) in [4.78, 5) is 11.8. The van der Waals surface area contributed by atoms with Gasteiger partial charge in [-0.2, -0.15) is 0 Å². The maximum atomic E-state index is 11.8. The summed E-state index contributed by atoms with van der Waals surface area (Å²) < 4.78 is 11.0. The quantitative estimate of drug-likeness (QED) is 0.763. The number of ether oxygens (including phenoxy) is 2. The number of carbonyl (C=O) groups is 1. The van der Waals surface area contributed by atoms with Crippen molar-refractivity contribution in [2.75, 3.05) is 13.2 Å². The van der Waals surface area contributed by atoms with Crippen molar-refractivity contribution >= 4 is 5.91 Å². The lowest BCUT2D eigenvalue weighted by Gasteiger charge is -2.26. The van der Waals surface area contributed by atoms with Gasteiger partial charge in [0.1, 0.15) is 6.10 Å². The molecule has 17 heavy (non-hydrogen) atoms. The molecule has 1 saturated heterocycles. The highest BCUT2D eigenvalue weighted by Crippen LogP contribution is 2.22. The highest BCUT2D eigenvalue weighted by atomic mass is 16.7. The van der Waals surface area contributed by atoms with Crippen molar-refractivity contribution < 1.29 is 14.3 Å². The van der Waals surface area contributed by atoms with Gasteiger partial charge in [-0.1, -0.05) is 20.8 Å². The van der Waals surface area contributed by atoms with E-state index in [0.717, 1.165) is 0 Å². The Kier molecular flexibility index (Phi) is 4.17. The summed E-state index contributed by atoms with van der Waals surface area (Å²) in [6.07, 6.45) is -0.0962. The Balaban J connectivity index is 2.35. The van der Waals surface area contributed by atoms with E-state index in [0.29, 0.717) is 13.2 Å². The third-order valence-electron chi connectivity index (χ3n) is 2.79. The molecule has 3 N–H and O–H groups in total. The maximum Gasteiger partial charge on any atom is 0.237 e. The molecule has 1 heterocycles. The van der Waals surface area contributed by atoms with E-state index in [1.165, 1.54) is 0 Å². The Labute approximate surface area is 103 Å². The van der Waals surface area contributed by atoms with Gasteiger partial charge in [0.2, 0.25) is 5.91 Å². The third-order valence-corrected chi connectivity index (χ3v) is 2.79. The maximum absolute atomic E-state index is 11.8. The van der Waals surface area contributed by atoms with Crippen molar-refractivity contribution in [3.05, 3.63) is 0 Å². The smallest absolute Gasteiger partial charge is 0.237 e. The average molecular weight is 244 g/mol. The predicted molar refractivity (Wildman–Crippen MR) is 65.3 cm³/mol. The molecular weight excluding hydrogens is 220 g/mol. The van der Waals surface area contributed by atoms with Crippen LogP contribution >= 0.6 is 0 Å². The molecule has 0 bridgehead atoms. The number of hydrogen-bond donors (Lipinski definition) is 2. The molecule has 2 atom stereocenters. The summed E-state index contributed by atoms with van der Waals surface area (Å²) in [5.74, 6) is -0.701. The highest BCUT2D eigenvalue weighted by molar-refractivity contribution is 5.82. The Morgan fingerprint density at radius 2 is 2.12 bits per heavy atom. The van der Waals surface area contributed by atoms with Crippen molar-refractivity contribution in [1.82, 2.24) is 5.32 Å². The van der Waals surface area contributed by atoms with Crippen LogP contribution in [-0.4, -0.2) is 37.0 Å². The molecule has 5 heteroatoms. The zero-order valence-electron chi connectivity index (χ0n) is 11.4. The first kappa shape index (κ1) is 14.4. The lowest BCUT2D eigenvalue weighted by Crippen LogP contribution is -2.50. The first-order valence-corrected chi connectivity index (χ1v) is 5.97. The first-order chi connectivity index (χ1) is 7.62. The summed E-state index contributed by atoms with van der Waals surface area (Å²) in [7, 11) is 0. The first-order valence-electron chi connectivity index (χ1n) is 5.97. The Hall–Kier alpha value is -0.650. The van der Waals surface area contributed by atoms with Crippen LogP contribution in [0.3, 0.4) is 0 Å². The summed E-state index contributed by atoms with van der Waals surface area (Å²) in [6, 6.07) is -0.516. The topological polar surface area (TPSA) is 73.6 Å². The molecule has 1 rings (SSSR count). The van der Waals surface area contributed by atoms with Crippen molar-refractivity contribution in [2.45, 2.75) is 52.6 Å². The molecule has 1 unspecified atom stereocenters. The third kappa shape index (κ3) is 4.26. The van der Waals surface area contributed by atoms with Crippen LogP contribution in [0.2, 0.25) is 0 Å². The van der Waals surface area contributed by atoms with Crippen LogP contribution in [0.5, 0.6) is 0 Å². The number of carbonyl (C=O) groups excluding carboxylic acids is 1. The van der Waals surface area contributed by atoms with Crippen LogP contribution in [0.1, 0.15) is 34.6 Å². The van der Waals surface area contributed by atoms with E-state index in [9.17, 15) is 4.79 Å². The molecule has 0 aliphatic carbocycles. The molecule has 0 aromatic rings. The van der Waals surface area contributed by atoms with Gasteiger partial charge < -0.3 is 20.5 Å². The lowest BCUT2D eigenvalue weighted by molar-refractivity contribution is -0.140. The number of hydrogen-bond acceptors (Lipinski definition) is 4. The number of rotatable bonds is 3. The van der Waals surface area contributed by atoms with Gasteiger partial charge in [-0.15, -0.1) is 0 Å². The number of nitrogens with two attached hydrogens (primary N) is 1. The second-order valence-electron chi connectivity index (χ2n) is 6.04. The Morgan fingerprint density at radius 1 is 1.53 bits per heavy atom. The largest absolute Gasteiger partial charge is 0.352 e. The van der Waals surface area contributed by atoms with Gasteiger partial charge >= 0.3 is 0 Å². The van der Waals surface area contributed by atoms with Crippen molar-refractivity contribution in [3.8, 4) is 0 Å². The number of nitrogens with one attached hydrogen (secondary N) is 1. The van der Waals surface area contributed by atoms with Crippen LogP contribution < -0.4 is 11.1 Å². The van der Waals surface area contributed by atoms with Crippen LogP contribution in [-0.2, 0) is 14.3 Å². The van der Waals surface area contributed by atoms with E-state index in [2.05, 4.69) is 5.32 Å². The highest BCUT2D eigenvalue weighted by Gasteiger charge is 2.33. The molecule has 1 aliphatic rings. The van der Waals surface area contributed by atoms with Crippen molar-refractivity contribution in [2.24, 2.45) is 11.1 Å². The Bertz CT molecular complexity index is 284. The molecule has 0 aromatic heterocycles. The van der Waals surface area contributed by atoms with Gasteiger partial charge in [0.25, 0.3) is 0 Å². The summed E-state index contributed by atoms with van der Waals surface area (Å²) in [5, 5.41) is 2.80. The summed E-state index contributed by atoms with van der Waals surface area (Å²) >= 11 is 0. The molecule has 0 aromatic carbocycles. The monoisotopic (exact) mass is 244 g/mol. The minimum atomic E-state index is -0.554. The van der Waals surface area contributed by atoms with Crippen LogP contribution in [0.25, 0.3) is 0 Å². The van der Waals surface area contributed by atoms with Gasteiger partial charge in [0, 0.05) is 6.54 Å². The zero-order chi connectivity index (χ0) is 13.3. The summed E-state index contributed by atoms with van der Waals surface area (Å²) in [5.41, 5.74) is 5.61. The van der Waals surface area contributed by atoms with Gasteiger partial charge in [0.15, 0.2) is 5.79 Å². The molecule has 0 spiro atoms.